The summed E-state index contributed by atoms with van der Waals surface area (Å²) in [4.78, 5) is 2.59. The van der Waals surface area contributed by atoms with Gasteiger partial charge < -0.3 is 5.32 Å². The fourth-order valence-electron chi connectivity index (χ4n) is 2.98. The summed E-state index contributed by atoms with van der Waals surface area (Å²) < 4.78 is 0. The van der Waals surface area contributed by atoms with Crippen LogP contribution in [0.5, 0.6) is 0 Å². The Hall–Kier alpha value is -0.570. The number of rotatable bonds is 3. The van der Waals surface area contributed by atoms with Crippen molar-refractivity contribution < 1.29 is 0 Å². The van der Waals surface area contributed by atoms with Crippen LogP contribution in [0.4, 0.5) is 0 Å². The van der Waals surface area contributed by atoms with Crippen molar-refractivity contribution in [2.75, 3.05) is 13.1 Å². The Labute approximate surface area is 122 Å². The van der Waals surface area contributed by atoms with E-state index in [1.54, 1.807) is 0 Å². The molecule has 3 heteroatoms. The SMILES string of the molecule is CCC1CNC(C)(C)CN1C(C)c1ccccc1Cl. The number of halogens is 1. The molecule has 106 valence electrons. The molecular formula is C16H25ClN2. The smallest absolute Gasteiger partial charge is 0.0453 e. The van der Waals surface area contributed by atoms with Crippen molar-refractivity contribution >= 4 is 11.6 Å². The van der Waals surface area contributed by atoms with E-state index in [2.05, 4.69) is 50.0 Å². The average molecular weight is 281 g/mol. The van der Waals surface area contributed by atoms with Crippen LogP contribution in [0.2, 0.25) is 5.02 Å². The molecule has 0 saturated carbocycles. The minimum absolute atomic E-state index is 0.168. The summed E-state index contributed by atoms with van der Waals surface area (Å²) >= 11 is 6.36. The second-order valence-corrected chi connectivity index (χ2v) is 6.60. The minimum atomic E-state index is 0.168. The van der Waals surface area contributed by atoms with Gasteiger partial charge in [-0.25, -0.2) is 0 Å². The zero-order chi connectivity index (χ0) is 14.0. The van der Waals surface area contributed by atoms with E-state index in [1.165, 1.54) is 5.56 Å². The summed E-state index contributed by atoms with van der Waals surface area (Å²) in [5, 5.41) is 4.51. The van der Waals surface area contributed by atoms with Crippen LogP contribution in [0.1, 0.15) is 45.7 Å². The van der Waals surface area contributed by atoms with Gasteiger partial charge in [0.25, 0.3) is 0 Å². The summed E-state index contributed by atoms with van der Waals surface area (Å²) in [6.45, 7) is 11.2. The molecule has 1 aliphatic heterocycles. The maximum absolute atomic E-state index is 6.36. The third-order valence-electron chi connectivity index (χ3n) is 4.19. The summed E-state index contributed by atoms with van der Waals surface area (Å²) in [6.07, 6.45) is 1.16. The molecule has 2 nitrogen and oxygen atoms in total. The van der Waals surface area contributed by atoms with Crippen molar-refractivity contribution in [1.82, 2.24) is 10.2 Å². The molecule has 0 bridgehead atoms. The van der Waals surface area contributed by atoms with Gasteiger partial charge in [-0.05, 0) is 38.8 Å². The second kappa shape index (κ2) is 5.82. The molecule has 2 unspecified atom stereocenters. The van der Waals surface area contributed by atoms with Crippen molar-refractivity contribution in [1.29, 1.82) is 0 Å². The molecule has 1 aliphatic rings. The Morgan fingerprint density at radius 3 is 2.74 bits per heavy atom. The van der Waals surface area contributed by atoms with Crippen LogP contribution in [0.3, 0.4) is 0 Å². The highest BCUT2D eigenvalue weighted by molar-refractivity contribution is 6.31. The van der Waals surface area contributed by atoms with Crippen molar-refractivity contribution in [2.24, 2.45) is 0 Å². The monoisotopic (exact) mass is 280 g/mol. The maximum Gasteiger partial charge on any atom is 0.0453 e. The van der Waals surface area contributed by atoms with Crippen LogP contribution in [0, 0.1) is 0 Å². The summed E-state index contributed by atoms with van der Waals surface area (Å²) in [7, 11) is 0. The van der Waals surface area contributed by atoms with E-state index in [4.69, 9.17) is 11.6 Å². The van der Waals surface area contributed by atoms with Crippen LogP contribution in [0.25, 0.3) is 0 Å². The third kappa shape index (κ3) is 3.31. The summed E-state index contributed by atoms with van der Waals surface area (Å²) in [5.74, 6) is 0. The molecule has 0 radical (unpaired) electrons. The number of nitrogens with zero attached hydrogens (tertiary/aromatic N) is 1. The second-order valence-electron chi connectivity index (χ2n) is 6.20. The van der Waals surface area contributed by atoms with Crippen LogP contribution in [-0.4, -0.2) is 29.6 Å². The summed E-state index contributed by atoms with van der Waals surface area (Å²) in [6, 6.07) is 9.15. The third-order valence-corrected chi connectivity index (χ3v) is 4.53. The molecule has 1 N–H and O–H groups in total. The lowest BCUT2D eigenvalue weighted by Crippen LogP contribution is -2.61. The van der Waals surface area contributed by atoms with E-state index in [-0.39, 0.29) is 5.54 Å². The molecule has 0 aromatic heterocycles. The van der Waals surface area contributed by atoms with Gasteiger partial charge in [-0.15, -0.1) is 0 Å². The highest BCUT2D eigenvalue weighted by atomic mass is 35.5. The zero-order valence-corrected chi connectivity index (χ0v) is 13.2. The molecule has 0 spiro atoms. The van der Waals surface area contributed by atoms with Gasteiger partial charge in [0.1, 0.15) is 0 Å². The lowest BCUT2D eigenvalue weighted by molar-refractivity contribution is 0.0580. The first kappa shape index (κ1) is 14.8. The predicted molar refractivity (Wildman–Crippen MR) is 82.7 cm³/mol. The van der Waals surface area contributed by atoms with E-state index < -0.39 is 0 Å². The van der Waals surface area contributed by atoms with E-state index in [1.807, 2.05) is 12.1 Å². The number of hydrogen-bond donors (Lipinski definition) is 1. The van der Waals surface area contributed by atoms with Gasteiger partial charge in [0, 0.05) is 35.7 Å². The van der Waals surface area contributed by atoms with Crippen molar-refractivity contribution in [3.63, 3.8) is 0 Å². The fraction of sp³-hybridized carbons (Fsp3) is 0.625. The Bertz CT molecular complexity index is 431. The van der Waals surface area contributed by atoms with Gasteiger partial charge in [-0.3, -0.25) is 4.90 Å². The summed E-state index contributed by atoms with van der Waals surface area (Å²) in [5.41, 5.74) is 1.40. The molecule has 2 rings (SSSR count). The Morgan fingerprint density at radius 2 is 2.11 bits per heavy atom. The Balaban J connectivity index is 2.24. The predicted octanol–water partition coefficient (Wildman–Crippen LogP) is 3.86. The molecule has 1 saturated heterocycles. The van der Waals surface area contributed by atoms with Gasteiger partial charge in [0.05, 0.1) is 0 Å². The molecule has 19 heavy (non-hydrogen) atoms. The van der Waals surface area contributed by atoms with E-state index in [0.29, 0.717) is 12.1 Å². The topological polar surface area (TPSA) is 15.3 Å². The molecule has 1 aromatic carbocycles. The average Bonchev–Trinajstić information content (AvgIpc) is 2.37. The van der Waals surface area contributed by atoms with Crippen molar-refractivity contribution in [3.8, 4) is 0 Å². The molecule has 0 aliphatic carbocycles. The highest BCUT2D eigenvalue weighted by Crippen LogP contribution is 2.31. The van der Waals surface area contributed by atoms with Crippen LogP contribution in [-0.2, 0) is 0 Å². The molecule has 1 aromatic rings. The zero-order valence-electron chi connectivity index (χ0n) is 12.4. The Morgan fingerprint density at radius 1 is 1.42 bits per heavy atom. The number of hydrogen-bond acceptors (Lipinski definition) is 2. The van der Waals surface area contributed by atoms with Crippen LogP contribution >= 0.6 is 11.6 Å². The first-order chi connectivity index (χ1) is 8.94. The molecular weight excluding hydrogens is 256 g/mol. The Kier molecular flexibility index (Phi) is 4.54. The van der Waals surface area contributed by atoms with Crippen LogP contribution < -0.4 is 5.32 Å². The highest BCUT2D eigenvalue weighted by Gasteiger charge is 2.34. The lowest BCUT2D eigenvalue weighted by atomic mass is 9.94. The van der Waals surface area contributed by atoms with Gasteiger partial charge in [0.15, 0.2) is 0 Å². The van der Waals surface area contributed by atoms with E-state index >= 15 is 0 Å². The van der Waals surface area contributed by atoms with Gasteiger partial charge in [0.2, 0.25) is 0 Å². The molecule has 2 atom stereocenters. The number of nitrogens with one attached hydrogen (secondary N) is 1. The van der Waals surface area contributed by atoms with Gasteiger partial charge >= 0.3 is 0 Å². The van der Waals surface area contributed by atoms with E-state index in [9.17, 15) is 0 Å². The standard InChI is InChI=1S/C16H25ClN2/c1-5-13-10-18-16(3,4)11-19(13)12(2)14-8-6-7-9-15(14)17/h6-9,12-13,18H,5,10-11H2,1-4H3. The first-order valence-electron chi connectivity index (χ1n) is 7.20. The minimum Gasteiger partial charge on any atom is -0.309 e. The van der Waals surface area contributed by atoms with Gasteiger partial charge in [-0.1, -0.05) is 36.7 Å². The lowest BCUT2D eigenvalue weighted by Gasteiger charge is -2.47. The quantitative estimate of drug-likeness (QED) is 0.904. The van der Waals surface area contributed by atoms with E-state index in [0.717, 1.165) is 24.5 Å². The molecule has 1 fully saturated rings. The molecule has 0 amide bonds. The fourth-order valence-corrected chi connectivity index (χ4v) is 3.27. The maximum atomic E-state index is 6.36. The molecule has 1 heterocycles. The largest absolute Gasteiger partial charge is 0.309 e. The van der Waals surface area contributed by atoms with Crippen molar-refractivity contribution in [2.45, 2.75) is 51.7 Å². The normalized spacial score (nSPS) is 25.2. The number of piperazine rings is 1. The van der Waals surface area contributed by atoms with Crippen molar-refractivity contribution in [3.05, 3.63) is 34.9 Å². The van der Waals surface area contributed by atoms with Gasteiger partial charge in [-0.2, -0.15) is 0 Å². The number of benzene rings is 1. The van der Waals surface area contributed by atoms with Crippen LogP contribution in [0.15, 0.2) is 24.3 Å². The first-order valence-corrected chi connectivity index (χ1v) is 7.57.